The first-order chi connectivity index (χ1) is 12.9. The van der Waals surface area contributed by atoms with Crippen molar-refractivity contribution in [3.05, 3.63) is 53.6 Å². The minimum atomic E-state index is -3.74. The zero-order chi connectivity index (χ0) is 19.4. The van der Waals surface area contributed by atoms with Gasteiger partial charge in [-0.05, 0) is 48.9 Å². The highest BCUT2D eigenvalue weighted by Crippen LogP contribution is 2.28. The molecule has 1 aliphatic heterocycles. The van der Waals surface area contributed by atoms with Crippen molar-refractivity contribution in [3.8, 4) is 5.75 Å². The number of benzene rings is 2. The first-order valence-corrected chi connectivity index (χ1v) is 10.5. The molecule has 146 valence electrons. The number of anilines is 1. The van der Waals surface area contributed by atoms with Gasteiger partial charge in [0.05, 0.1) is 19.8 Å². The van der Waals surface area contributed by atoms with Gasteiger partial charge in [0.1, 0.15) is 10.6 Å². The molecule has 0 bridgehead atoms. The fourth-order valence-electron chi connectivity index (χ4n) is 3.16. The van der Waals surface area contributed by atoms with Crippen LogP contribution >= 0.6 is 0 Å². The highest BCUT2D eigenvalue weighted by atomic mass is 32.2. The zero-order valence-corrected chi connectivity index (χ0v) is 16.8. The van der Waals surface area contributed by atoms with E-state index in [0.29, 0.717) is 18.0 Å². The largest absolute Gasteiger partial charge is 0.495 e. The number of hydrogen-bond donors (Lipinski definition) is 1. The summed E-state index contributed by atoms with van der Waals surface area (Å²) in [6.07, 6.45) is 0.0150. The molecule has 2 aromatic carbocycles. The molecule has 7 heteroatoms. The molecular weight excluding hydrogens is 364 g/mol. The number of aryl methyl sites for hydroxylation is 1. The average Bonchev–Trinajstić information content (AvgIpc) is 2.68. The van der Waals surface area contributed by atoms with Crippen LogP contribution in [0.1, 0.15) is 24.2 Å². The number of hydrogen-bond acceptors (Lipinski definition) is 5. The Morgan fingerprint density at radius 3 is 2.63 bits per heavy atom. The Kier molecular flexibility index (Phi) is 6.04. The van der Waals surface area contributed by atoms with Gasteiger partial charge in [-0.15, -0.1) is 0 Å². The van der Waals surface area contributed by atoms with E-state index in [4.69, 9.17) is 9.47 Å². The van der Waals surface area contributed by atoms with Crippen LogP contribution in [-0.2, 0) is 14.8 Å². The summed E-state index contributed by atoms with van der Waals surface area (Å²) in [7, 11) is -2.28. The molecular formula is C20H26N2O4S. The quantitative estimate of drug-likeness (QED) is 0.820. The second kappa shape index (κ2) is 8.29. The van der Waals surface area contributed by atoms with Crippen molar-refractivity contribution in [1.29, 1.82) is 0 Å². The van der Waals surface area contributed by atoms with Gasteiger partial charge >= 0.3 is 0 Å². The van der Waals surface area contributed by atoms with Crippen LogP contribution in [-0.4, -0.2) is 46.7 Å². The smallest absolute Gasteiger partial charge is 0.265 e. The fourth-order valence-corrected chi connectivity index (χ4v) is 4.47. The molecule has 27 heavy (non-hydrogen) atoms. The highest BCUT2D eigenvalue weighted by molar-refractivity contribution is 7.92. The van der Waals surface area contributed by atoms with E-state index in [1.807, 2.05) is 25.1 Å². The zero-order valence-electron chi connectivity index (χ0n) is 15.9. The summed E-state index contributed by atoms with van der Waals surface area (Å²) < 4.78 is 39.2. The van der Waals surface area contributed by atoms with E-state index in [2.05, 4.69) is 16.5 Å². The molecule has 0 aliphatic carbocycles. The predicted octanol–water partition coefficient (Wildman–Crippen LogP) is 3.20. The number of methoxy groups -OCH3 is 1. The number of ether oxygens (including phenoxy) is 2. The topological polar surface area (TPSA) is 67.9 Å². The van der Waals surface area contributed by atoms with Gasteiger partial charge in [0, 0.05) is 18.8 Å². The van der Waals surface area contributed by atoms with Crippen LogP contribution in [0.15, 0.2) is 47.4 Å². The van der Waals surface area contributed by atoms with Crippen LogP contribution in [0.3, 0.4) is 0 Å². The molecule has 1 heterocycles. The second-order valence-electron chi connectivity index (χ2n) is 6.63. The van der Waals surface area contributed by atoms with Crippen molar-refractivity contribution in [2.24, 2.45) is 0 Å². The molecule has 0 saturated carbocycles. The normalized spacial score (nSPS) is 18.3. The third kappa shape index (κ3) is 4.61. The molecule has 0 amide bonds. The maximum atomic E-state index is 12.8. The van der Waals surface area contributed by atoms with Gasteiger partial charge in [-0.3, -0.25) is 9.62 Å². The molecule has 0 radical (unpaired) electrons. The van der Waals surface area contributed by atoms with Gasteiger partial charge in [-0.25, -0.2) is 8.42 Å². The Hall–Kier alpha value is -2.09. The first-order valence-electron chi connectivity index (χ1n) is 9.04. The van der Waals surface area contributed by atoms with Crippen LogP contribution in [0.5, 0.6) is 5.75 Å². The van der Waals surface area contributed by atoms with Gasteiger partial charge in [-0.1, -0.05) is 25.1 Å². The van der Waals surface area contributed by atoms with Gasteiger partial charge in [0.25, 0.3) is 10.0 Å². The number of nitrogens with one attached hydrogen (secondary N) is 1. The van der Waals surface area contributed by atoms with E-state index in [1.165, 1.54) is 7.11 Å². The van der Waals surface area contributed by atoms with Gasteiger partial charge < -0.3 is 9.47 Å². The molecule has 2 aromatic rings. The first kappa shape index (κ1) is 19.7. The summed E-state index contributed by atoms with van der Waals surface area (Å²) >= 11 is 0. The molecule has 1 saturated heterocycles. The Bertz CT molecular complexity index is 881. The van der Waals surface area contributed by atoms with Crippen molar-refractivity contribution in [3.63, 3.8) is 0 Å². The number of rotatable bonds is 6. The highest BCUT2D eigenvalue weighted by Gasteiger charge is 2.22. The van der Waals surface area contributed by atoms with E-state index in [-0.39, 0.29) is 11.0 Å². The van der Waals surface area contributed by atoms with Crippen LogP contribution in [0.4, 0.5) is 5.69 Å². The summed E-state index contributed by atoms with van der Waals surface area (Å²) in [6, 6.07) is 12.4. The Morgan fingerprint density at radius 2 is 1.96 bits per heavy atom. The van der Waals surface area contributed by atoms with Crippen molar-refractivity contribution in [2.75, 3.05) is 38.1 Å². The van der Waals surface area contributed by atoms with Crippen LogP contribution in [0, 0.1) is 6.92 Å². The summed E-state index contributed by atoms with van der Waals surface area (Å²) in [5, 5.41) is 0. The van der Waals surface area contributed by atoms with Gasteiger partial charge in [0.15, 0.2) is 0 Å². The van der Waals surface area contributed by atoms with Crippen LogP contribution in [0.25, 0.3) is 0 Å². The third-order valence-electron chi connectivity index (χ3n) is 4.74. The maximum absolute atomic E-state index is 12.8. The number of morpholine rings is 1. The molecule has 3 rings (SSSR count). The fraction of sp³-hybridized carbons (Fsp3) is 0.400. The Labute approximate surface area is 161 Å². The molecule has 1 aliphatic rings. The van der Waals surface area contributed by atoms with Crippen molar-refractivity contribution in [2.45, 2.75) is 24.8 Å². The van der Waals surface area contributed by atoms with E-state index >= 15 is 0 Å². The summed E-state index contributed by atoms with van der Waals surface area (Å²) in [5.41, 5.74) is 2.40. The van der Waals surface area contributed by atoms with Crippen LogP contribution < -0.4 is 9.46 Å². The van der Waals surface area contributed by atoms with Crippen molar-refractivity contribution >= 4 is 15.7 Å². The minimum absolute atomic E-state index is 0.0150. The molecule has 0 aromatic heterocycles. The molecule has 1 unspecified atom stereocenters. The van der Waals surface area contributed by atoms with E-state index in [0.717, 1.165) is 30.8 Å². The second-order valence-corrected chi connectivity index (χ2v) is 8.29. The average molecular weight is 391 g/mol. The number of nitrogens with zero attached hydrogens (tertiary/aromatic N) is 1. The lowest BCUT2D eigenvalue weighted by Gasteiger charge is -2.32. The van der Waals surface area contributed by atoms with Crippen molar-refractivity contribution < 1.29 is 17.9 Å². The lowest BCUT2D eigenvalue weighted by molar-refractivity contribution is -0.0281. The number of likely N-dealkylation sites (N-methyl/N-ethyl adjacent to an activating group) is 1. The predicted molar refractivity (Wildman–Crippen MR) is 106 cm³/mol. The molecule has 1 N–H and O–H groups in total. The SMILES string of the molecule is CCN1CCOC(c2ccc(NS(=O)(=O)c3cc(C)ccc3OC)cc2)C1. The molecule has 1 fully saturated rings. The van der Waals surface area contributed by atoms with E-state index < -0.39 is 10.0 Å². The number of sulfonamides is 1. The summed E-state index contributed by atoms with van der Waals surface area (Å²) in [4.78, 5) is 2.47. The molecule has 0 spiro atoms. The molecule has 6 nitrogen and oxygen atoms in total. The monoisotopic (exact) mass is 390 g/mol. The van der Waals surface area contributed by atoms with Crippen molar-refractivity contribution in [1.82, 2.24) is 4.90 Å². The van der Waals surface area contributed by atoms with Gasteiger partial charge in [-0.2, -0.15) is 0 Å². The van der Waals surface area contributed by atoms with Crippen LogP contribution in [0.2, 0.25) is 0 Å². The Balaban J connectivity index is 1.77. The standard InChI is InChI=1S/C20H26N2O4S/c1-4-22-11-12-26-19(14-22)16-6-8-17(9-7-16)21-27(23,24)20-13-15(2)5-10-18(20)25-3/h5-10,13,19,21H,4,11-12,14H2,1-3H3. The molecule has 1 atom stereocenters. The lowest BCUT2D eigenvalue weighted by atomic mass is 10.1. The summed E-state index contributed by atoms with van der Waals surface area (Å²) in [6.45, 7) is 7.48. The summed E-state index contributed by atoms with van der Waals surface area (Å²) in [5.74, 6) is 0.319. The maximum Gasteiger partial charge on any atom is 0.265 e. The lowest BCUT2D eigenvalue weighted by Crippen LogP contribution is -2.38. The third-order valence-corrected chi connectivity index (χ3v) is 6.14. The Morgan fingerprint density at radius 1 is 1.22 bits per heavy atom. The van der Waals surface area contributed by atoms with E-state index in [1.54, 1.807) is 24.3 Å². The minimum Gasteiger partial charge on any atom is -0.495 e. The van der Waals surface area contributed by atoms with E-state index in [9.17, 15) is 8.42 Å². The van der Waals surface area contributed by atoms with Gasteiger partial charge in [0.2, 0.25) is 0 Å².